The number of sulfonamides is 1. The number of carbonyl (C=O) groups excluding carboxylic acids is 1. The number of piperazine rings is 1. The van der Waals surface area contributed by atoms with Gasteiger partial charge in [-0.2, -0.15) is 0 Å². The van der Waals surface area contributed by atoms with Gasteiger partial charge in [0.05, 0.1) is 11.4 Å². The molecule has 3 heterocycles. The molecule has 0 saturated carbocycles. The molecule has 0 spiro atoms. The van der Waals surface area contributed by atoms with Crippen LogP contribution in [0.5, 0.6) is 0 Å². The molecule has 2 aromatic carbocycles. The summed E-state index contributed by atoms with van der Waals surface area (Å²) in [5, 5.41) is 13.7. The van der Waals surface area contributed by atoms with Gasteiger partial charge in [-0.3, -0.25) is 9.52 Å². The molecule has 5 rings (SSSR count). The van der Waals surface area contributed by atoms with E-state index in [0.29, 0.717) is 31.3 Å². The second-order valence-corrected chi connectivity index (χ2v) is 10.9. The second-order valence-electron chi connectivity index (χ2n) is 8.29. The van der Waals surface area contributed by atoms with Gasteiger partial charge in [0, 0.05) is 59.4 Å². The lowest BCUT2D eigenvalue weighted by Crippen LogP contribution is -2.52. The first-order valence-corrected chi connectivity index (χ1v) is 13.5. The molecule has 2 N–H and O–H groups in total. The number of rotatable bonds is 7. The van der Waals surface area contributed by atoms with Gasteiger partial charge in [0.2, 0.25) is 0 Å². The van der Waals surface area contributed by atoms with Gasteiger partial charge in [-0.05, 0) is 41.8 Å². The number of amides is 1. The van der Waals surface area contributed by atoms with Crippen LogP contribution in [0, 0.1) is 0 Å². The highest BCUT2D eigenvalue weighted by Crippen LogP contribution is 2.23. The third-order valence-corrected chi connectivity index (χ3v) is 8.27. The van der Waals surface area contributed by atoms with Crippen LogP contribution in [-0.2, 0) is 21.4 Å². The van der Waals surface area contributed by atoms with Crippen molar-refractivity contribution in [1.29, 1.82) is 0 Å². The summed E-state index contributed by atoms with van der Waals surface area (Å²) < 4.78 is 29.4. The second kappa shape index (κ2) is 9.68. The number of nitrogens with one attached hydrogen (secondary N) is 1. The minimum atomic E-state index is -3.70. The number of benzene rings is 2. The van der Waals surface area contributed by atoms with Gasteiger partial charge in [0.25, 0.3) is 15.9 Å². The Labute approximate surface area is 211 Å². The average Bonchev–Trinajstić information content (AvgIpc) is 3.53. The maximum atomic E-state index is 12.9. The summed E-state index contributed by atoms with van der Waals surface area (Å²) in [7, 11) is -3.70. The highest BCUT2D eigenvalue weighted by molar-refractivity contribution is 7.93. The normalized spacial score (nSPS) is 15.3. The van der Waals surface area contributed by atoms with E-state index in [1.807, 2.05) is 41.1 Å². The van der Waals surface area contributed by atoms with E-state index in [1.54, 1.807) is 34.5 Å². The van der Waals surface area contributed by atoms with Crippen molar-refractivity contribution in [2.24, 2.45) is 0 Å². The van der Waals surface area contributed by atoms with Crippen molar-refractivity contribution in [1.82, 2.24) is 14.5 Å². The third-order valence-electron chi connectivity index (χ3n) is 6.09. The van der Waals surface area contributed by atoms with Crippen molar-refractivity contribution in [3.05, 3.63) is 72.4 Å². The van der Waals surface area contributed by atoms with Crippen LogP contribution in [0.2, 0.25) is 0 Å². The lowest BCUT2D eigenvalue weighted by atomic mass is 10.2. The highest BCUT2D eigenvalue weighted by Gasteiger charge is 2.27. The van der Waals surface area contributed by atoms with Crippen LogP contribution in [0.25, 0.3) is 10.9 Å². The summed E-state index contributed by atoms with van der Waals surface area (Å²) in [6.45, 7) is 2.35. The number of thiazole rings is 1. The van der Waals surface area contributed by atoms with Gasteiger partial charge in [-0.25, -0.2) is 13.4 Å². The van der Waals surface area contributed by atoms with E-state index in [1.165, 1.54) is 17.5 Å². The summed E-state index contributed by atoms with van der Waals surface area (Å²) >= 11 is 1.21. The van der Waals surface area contributed by atoms with E-state index in [2.05, 4.69) is 14.6 Å². The fourth-order valence-corrected chi connectivity index (χ4v) is 6.03. The van der Waals surface area contributed by atoms with Gasteiger partial charge in [0.1, 0.15) is 0 Å². The zero-order valence-corrected chi connectivity index (χ0v) is 20.5. The lowest BCUT2D eigenvalue weighted by molar-refractivity contribution is -0.141. The zero-order valence-electron chi connectivity index (χ0n) is 18.8. The molecular weight excluding hydrogens is 486 g/mol. The SMILES string of the molecule is O=C([C@@H](O)Cn1ccc2ccccc21)N1CCN(c2ccc(S(=O)(=O)Nc3nccs3)cc2)CC1.[HH].[HH].[HH]. The largest absolute Gasteiger partial charge is 0.381 e. The fraction of sp³-hybridized carbons (Fsp3) is 0.250. The third kappa shape index (κ3) is 5.02. The van der Waals surface area contributed by atoms with Crippen LogP contribution in [0.15, 0.2) is 77.3 Å². The quantitative estimate of drug-likeness (QED) is 0.389. The van der Waals surface area contributed by atoms with E-state index in [9.17, 15) is 18.3 Å². The number of anilines is 2. The first kappa shape index (κ1) is 23.3. The predicted molar refractivity (Wildman–Crippen MR) is 142 cm³/mol. The number of hydrogen-bond acceptors (Lipinski definition) is 7. The Morgan fingerprint density at radius 2 is 1.83 bits per heavy atom. The molecular formula is C24H31N5O4S2. The minimum Gasteiger partial charge on any atom is -0.381 e. The van der Waals surface area contributed by atoms with Gasteiger partial charge >= 0.3 is 0 Å². The summed E-state index contributed by atoms with van der Waals surface area (Å²) in [6, 6.07) is 16.5. The number of hydrogen-bond donors (Lipinski definition) is 2. The van der Waals surface area contributed by atoms with Crippen molar-refractivity contribution in [2.75, 3.05) is 35.8 Å². The van der Waals surface area contributed by atoms with Crippen molar-refractivity contribution in [3.63, 3.8) is 0 Å². The Kier molecular flexibility index (Phi) is 6.46. The molecule has 35 heavy (non-hydrogen) atoms. The number of para-hydroxylation sites is 1. The molecule has 0 bridgehead atoms. The molecule has 11 heteroatoms. The average molecular weight is 518 g/mol. The first-order chi connectivity index (χ1) is 16.9. The van der Waals surface area contributed by atoms with Crippen molar-refractivity contribution in [2.45, 2.75) is 17.5 Å². The molecule has 1 saturated heterocycles. The summed E-state index contributed by atoms with van der Waals surface area (Å²) in [5.74, 6) is -0.280. The van der Waals surface area contributed by atoms with Gasteiger partial charge in [0.15, 0.2) is 11.2 Å². The number of carbonyl (C=O) groups is 1. The minimum absolute atomic E-state index is 0. The van der Waals surface area contributed by atoms with E-state index in [0.717, 1.165) is 16.6 Å². The summed E-state index contributed by atoms with van der Waals surface area (Å²) in [5.41, 5.74) is 1.86. The number of aromatic nitrogens is 2. The molecule has 4 aromatic rings. The maximum absolute atomic E-state index is 12.9. The summed E-state index contributed by atoms with van der Waals surface area (Å²) in [6.07, 6.45) is 2.31. The standard InChI is InChI=1S/C24H25N5O4S2.3H2/c30-22(17-29-11-9-18-3-1-2-4-21(18)29)23(31)28-14-12-27(13-15-28)19-5-7-20(8-6-19)35(32,33)26-24-25-10-16-34-24;;;/h1-11,16,22,30H,12-15,17H2,(H,25,26);3*1H/t22-;;;/m0.../s1. The number of aliphatic hydroxyl groups is 1. The van der Waals surface area contributed by atoms with E-state index in [4.69, 9.17) is 0 Å². The topological polar surface area (TPSA) is 108 Å². The van der Waals surface area contributed by atoms with Gasteiger partial charge < -0.3 is 19.5 Å². The van der Waals surface area contributed by atoms with Crippen LogP contribution < -0.4 is 9.62 Å². The molecule has 9 nitrogen and oxygen atoms in total. The molecule has 0 aliphatic carbocycles. The number of aliphatic hydroxyl groups excluding tert-OH is 1. The Hall–Kier alpha value is -3.41. The predicted octanol–water partition coefficient (Wildman–Crippen LogP) is 3.35. The van der Waals surface area contributed by atoms with Crippen molar-refractivity contribution >= 4 is 49.0 Å². The van der Waals surface area contributed by atoms with Crippen LogP contribution in [-0.4, -0.2) is 66.2 Å². The molecule has 1 aliphatic heterocycles. The molecule has 188 valence electrons. The molecule has 1 atom stereocenters. The molecule has 2 aromatic heterocycles. The van der Waals surface area contributed by atoms with E-state index in [-0.39, 0.29) is 21.6 Å². The molecule has 0 radical (unpaired) electrons. The van der Waals surface area contributed by atoms with Gasteiger partial charge in [-0.15, -0.1) is 11.3 Å². The monoisotopic (exact) mass is 517 g/mol. The van der Waals surface area contributed by atoms with Crippen LogP contribution in [0.3, 0.4) is 0 Å². The summed E-state index contributed by atoms with van der Waals surface area (Å²) in [4.78, 5) is 20.7. The Balaban J connectivity index is 0.00000169. The van der Waals surface area contributed by atoms with E-state index < -0.39 is 16.1 Å². The molecule has 1 fully saturated rings. The highest BCUT2D eigenvalue weighted by atomic mass is 32.2. The molecule has 1 aliphatic rings. The number of nitrogens with zero attached hydrogens (tertiary/aromatic N) is 4. The van der Waals surface area contributed by atoms with E-state index >= 15 is 0 Å². The smallest absolute Gasteiger partial charge is 0.263 e. The fourth-order valence-electron chi connectivity index (χ4n) is 4.24. The lowest BCUT2D eigenvalue weighted by Gasteiger charge is -2.37. The molecule has 1 amide bonds. The Morgan fingerprint density at radius 1 is 1.09 bits per heavy atom. The van der Waals surface area contributed by atoms with Crippen LogP contribution >= 0.6 is 11.3 Å². The Morgan fingerprint density at radius 3 is 2.54 bits per heavy atom. The maximum Gasteiger partial charge on any atom is 0.263 e. The Bertz CT molecular complexity index is 1430. The van der Waals surface area contributed by atoms with Gasteiger partial charge in [-0.1, -0.05) is 18.2 Å². The first-order valence-electron chi connectivity index (χ1n) is 11.2. The molecule has 0 unspecified atom stereocenters. The van der Waals surface area contributed by atoms with Crippen LogP contribution in [0.4, 0.5) is 10.8 Å². The number of fused-ring (bicyclic) bond motifs is 1. The van der Waals surface area contributed by atoms with Crippen LogP contribution in [0.1, 0.15) is 4.28 Å². The zero-order chi connectivity index (χ0) is 24.4. The van der Waals surface area contributed by atoms with Crippen molar-refractivity contribution in [3.8, 4) is 0 Å². The van der Waals surface area contributed by atoms with Crippen molar-refractivity contribution < 1.29 is 22.6 Å².